The van der Waals surface area contributed by atoms with Gasteiger partial charge in [-0.05, 0) is 370 Å². The molecule has 0 radical (unpaired) electrons. The first kappa shape index (κ1) is 74.1. The van der Waals surface area contributed by atoms with Gasteiger partial charge < -0.3 is 20.1 Å². The normalized spacial score (nSPS) is 42.7. The average Bonchev–Trinajstić information content (AvgIpc) is 1.52. The molecule has 8 heteroatoms. The van der Waals surface area contributed by atoms with E-state index in [0.29, 0.717) is 101 Å². The van der Waals surface area contributed by atoms with Gasteiger partial charge in [0.05, 0.1) is 0 Å². The summed E-state index contributed by atoms with van der Waals surface area (Å²) in [5, 5.41) is 30.7. The van der Waals surface area contributed by atoms with Gasteiger partial charge in [0.25, 0.3) is 0 Å². The Morgan fingerprint density at radius 3 is 1.17 bits per heavy atom. The van der Waals surface area contributed by atoms with E-state index in [1.165, 1.54) is 115 Å². The van der Waals surface area contributed by atoms with E-state index in [-0.39, 0.29) is 72.4 Å². The number of ether oxygens (including phenoxy) is 1. The standard InChI is InChI=1S/3C25H32O2.C22H28O2.CH4/c1-4-15-27-18-6-8-19-17(16-18)5-7-20-21-9-11-23(2)12-10-22(26)25(21,23)14-13-24(19,20)3;1-4-5-17-14-20-16(15-21(17)26)6-7-18-19-8-10-23(2)11-9-22(27)25(19,23)13-12-24(18,20)3;1-4-5-17-16-6-7-19-20-10-12-23(2)13-11-22(27)25(20,23)15-14-24(19,3)18(16)8-9-21(17)26;1-20-9-7-18-17-5-3-14-13-15(23)4-6-16(14)21(17,2)11-12-22(18,20)19(24)8-10-20;/h4,6,8,16,20-21H,1,5,7,9-15H2,2-3H3;4,14-15,18-19,26H,1,5-13H2,2-3H3;4,8-9,19-20,26H,1,5-7,10-15H2,2-3H3;4,6,13,17-18,23H,3,5,7-12H2,1-2H3;1H4/t20?,21?,23-,24+,25+;18?,19?,23-,24-,25+;19?,20?,23-,24+,25+;17?,18?,20-,21+,22+;/m0000./s1. The third kappa shape index (κ3) is 9.78. The third-order valence-electron chi connectivity index (χ3n) is 37.1. The van der Waals surface area contributed by atoms with Crippen LogP contribution >= 0.6 is 0 Å². The number of carbonyl (C=O) groups excluding carboxylic acids is 4. The van der Waals surface area contributed by atoms with Gasteiger partial charge in [-0.15, -0.1) is 13.2 Å². The van der Waals surface area contributed by atoms with Crippen LogP contribution in [0.25, 0.3) is 0 Å². The van der Waals surface area contributed by atoms with Crippen LogP contribution in [0.5, 0.6) is 23.0 Å². The number of phenols is 3. The molecule has 16 aliphatic rings. The van der Waals surface area contributed by atoms with Gasteiger partial charge in [-0.2, -0.15) is 0 Å². The second-order valence-corrected chi connectivity index (χ2v) is 40.1. The number of ketones is 4. The van der Waals surface area contributed by atoms with Crippen molar-refractivity contribution in [3.63, 3.8) is 0 Å². The molecule has 20 rings (SSSR count). The van der Waals surface area contributed by atoms with Crippen LogP contribution < -0.4 is 4.74 Å². The Kier molecular flexibility index (Phi) is 17.8. The molecule has 0 saturated heterocycles. The molecule has 0 aliphatic heterocycles. The SMILES string of the molecule is C.C=CCOc1ccc2c(c1)CCC1C3CC[C@@]4(C)CCC(=O)[C@@]34CC[C@]21C.C=CCc1c(O)ccc2c1CCC1C3CC[C@@]4(C)CCC(=O)[C@@]34CC[C@]21C.C=CCc1cc2c(cc1O)CCC1C3CC[C@@]4(C)CCC(=O)[C@@]34CC[C@]21C.C[C@]12CCC(=O)[C@]13CC[C@]1(C)c4ccc(O)cc4CCC1C3CC2. The van der Waals surface area contributed by atoms with Crippen LogP contribution in [0.3, 0.4) is 0 Å². The molecular formula is C98H128O8. The van der Waals surface area contributed by atoms with Crippen molar-refractivity contribution >= 4 is 23.1 Å². The van der Waals surface area contributed by atoms with E-state index >= 15 is 0 Å². The van der Waals surface area contributed by atoms with Crippen LogP contribution in [0.2, 0.25) is 0 Å². The summed E-state index contributed by atoms with van der Waals surface area (Å²) < 4.78 is 5.78. The number of benzene rings is 4. The van der Waals surface area contributed by atoms with Crippen LogP contribution in [-0.4, -0.2) is 45.1 Å². The van der Waals surface area contributed by atoms with Gasteiger partial charge >= 0.3 is 0 Å². The van der Waals surface area contributed by atoms with Crippen LogP contribution in [0.1, 0.15) is 298 Å². The van der Waals surface area contributed by atoms with E-state index < -0.39 is 0 Å². The quantitative estimate of drug-likeness (QED) is 0.156. The van der Waals surface area contributed by atoms with Gasteiger partial charge in [-0.25, -0.2) is 0 Å². The average molecular weight is 1430 g/mol. The molecule has 3 N–H and O–H groups in total. The van der Waals surface area contributed by atoms with Crippen molar-refractivity contribution in [2.24, 2.45) is 90.7 Å². The predicted octanol–water partition coefficient (Wildman–Crippen LogP) is 22.0. The van der Waals surface area contributed by atoms with Crippen molar-refractivity contribution in [2.75, 3.05) is 6.61 Å². The fourth-order valence-electron chi connectivity index (χ4n) is 31.8. The van der Waals surface area contributed by atoms with E-state index in [4.69, 9.17) is 4.74 Å². The van der Waals surface area contributed by atoms with Crippen LogP contribution in [0.15, 0.2) is 98.6 Å². The fourth-order valence-corrected chi connectivity index (χ4v) is 31.8. The summed E-state index contributed by atoms with van der Waals surface area (Å²) in [7, 11) is 0. The number of rotatable bonds is 7. The largest absolute Gasteiger partial charge is 0.508 e. The van der Waals surface area contributed by atoms with Crippen molar-refractivity contribution < 1.29 is 39.2 Å². The Bertz CT molecular complexity index is 4240. The molecule has 0 amide bonds. The maximum absolute atomic E-state index is 13.2. The molecule has 0 aromatic heterocycles. The highest BCUT2D eigenvalue weighted by atomic mass is 16.5. The minimum atomic E-state index is -0.0322. The van der Waals surface area contributed by atoms with Crippen molar-refractivity contribution in [2.45, 2.75) is 303 Å². The number of allylic oxidation sites excluding steroid dienone is 2. The number of fused-ring (bicyclic) bond motifs is 16. The van der Waals surface area contributed by atoms with Crippen LogP contribution in [0, 0.1) is 90.7 Å². The van der Waals surface area contributed by atoms with Crippen LogP contribution in [-0.2, 0) is 79.4 Å². The molecule has 4 spiro atoms. The monoisotopic (exact) mass is 1430 g/mol. The summed E-state index contributed by atoms with van der Waals surface area (Å²) in [6.07, 6.45) is 42.5. The molecular weight excluding hydrogens is 1310 g/mol. The molecule has 4 aromatic rings. The zero-order chi connectivity index (χ0) is 73.7. The fraction of sp³-hybridized carbons (Fsp3) is 0.653. The first-order valence-electron chi connectivity index (χ1n) is 42.3. The number of hydrogen-bond donors (Lipinski definition) is 3. The van der Waals surface area contributed by atoms with Crippen molar-refractivity contribution in [3.05, 3.63) is 154 Å². The molecule has 106 heavy (non-hydrogen) atoms. The molecule has 12 fully saturated rings. The topological polar surface area (TPSA) is 138 Å². The Balaban J connectivity index is 0.000000108. The third-order valence-corrected chi connectivity index (χ3v) is 37.1. The summed E-state index contributed by atoms with van der Waals surface area (Å²) >= 11 is 0. The summed E-state index contributed by atoms with van der Waals surface area (Å²) in [5.74, 6) is 9.33. The number of aryl methyl sites for hydroxylation is 3. The molecule has 8 unspecified atom stereocenters. The summed E-state index contributed by atoms with van der Waals surface area (Å²) in [6.45, 7) is 31.5. The Morgan fingerprint density at radius 2 is 0.745 bits per heavy atom. The van der Waals surface area contributed by atoms with Gasteiger partial charge in [0.15, 0.2) is 0 Å². The molecule has 20 atom stereocenters. The van der Waals surface area contributed by atoms with Gasteiger partial charge in [-0.3, -0.25) is 19.2 Å². The molecule has 16 aliphatic carbocycles. The zero-order valence-electron chi connectivity index (χ0n) is 65.4. The molecule has 8 nitrogen and oxygen atoms in total. The lowest BCUT2D eigenvalue weighted by atomic mass is 9.46. The zero-order valence-corrected chi connectivity index (χ0v) is 65.4. The first-order valence-corrected chi connectivity index (χ1v) is 42.3. The van der Waals surface area contributed by atoms with E-state index in [9.17, 15) is 34.5 Å². The van der Waals surface area contributed by atoms with Crippen molar-refractivity contribution in [1.82, 2.24) is 0 Å². The van der Waals surface area contributed by atoms with E-state index in [1.807, 2.05) is 36.4 Å². The highest BCUT2D eigenvalue weighted by Gasteiger charge is 2.74. The highest BCUT2D eigenvalue weighted by molar-refractivity contribution is 5.91. The van der Waals surface area contributed by atoms with E-state index in [0.717, 1.165) is 158 Å². The lowest BCUT2D eigenvalue weighted by Crippen LogP contribution is -2.54. The molecule has 12 saturated carbocycles. The number of carbonyl (C=O) groups is 4. The number of aromatic hydroxyl groups is 3. The van der Waals surface area contributed by atoms with E-state index in [1.54, 1.807) is 6.08 Å². The second kappa shape index (κ2) is 25.5. The number of hydrogen-bond acceptors (Lipinski definition) is 8. The second-order valence-electron chi connectivity index (χ2n) is 40.1. The van der Waals surface area contributed by atoms with Gasteiger partial charge in [0.2, 0.25) is 0 Å². The Hall–Kier alpha value is -6.02. The summed E-state index contributed by atoms with van der Waals surface area (Å²) in [5.41, 5.74) is 15.1. The first-order chi connectivity index (χ1) is 50.1. The maximum Gasteiger partial charge on any atom is 0.139 e. The smallest absolute Gasteiger partial charge is 0.139 e. The predicted molar refractivity (Wildman–Crippen MR) is 425 cm³/mol. The number of Topliss-reactive ketones (excluding diaryl/α,β-unsaturated/α-hetero) is 4. The Morgan fingerprint density at radius 1 is 0.368 bits per heavy atom. The summed E-state index contributed by atoms with van der Waals surface area (Å²) in [4.78, 5) is 52.6. The molecule has 0 heterocycles. The number of phenolic OH excluding ortho intramolecular Hbond substituents is 3. The molecule has 0 bridgehead atoms. The minimum Gasteiger partial charge on any atom is -0.508 e. The lowest BCUT2D eigenvalue weighted by Gasteiger charge is -2.57. The van der Waals surface area contributed by atoms with Gasteiger partial charge in [0.1, 0.15) is 52.7 Å². The Labute approximate surface area is 636 Å². The van der Waals surface area contributed by atoms with Crippen molar-refractivity contribution in [1.29, 1.82) is 0 Å². The maximum atomic E-state index is 13.2. The van der Waals surface area contributed by atoms with Crippen LogP contribution in [0.4, 0.5) is 0 Å². The van der Waals surface area contributed by atoms with Crippen molar-refractivity contribution in [3.8, 4) is 23.0 Å². The minimum absolute atomic E-state index is 0. The van der Waals surface area contributed by atoms with E-state index in [2.05, 4.69) is 112 Å². The highest BCUT2D eigenvalue weighted by Crippen LogP contribution is 2.78. The molecule has 568 valence electrons. The summed E-state index contributed by atoms with van der Waals surface area (Å²) in [6, 6.07) is 21.1. The van der Waals surface area contributed by atoms with Gasteiger partial charge in [-0.1, -0.05) is 112 Å². The molecule has 4 aromatic carbocycles. The van der Waals surface area contributed by atoms with Gasteiger partial charge in [0, 0.05) is 52.9 Å². The lowest BCUT2D eigenvalue weighted by molar-refractivity contribution is -0.140.